The Labute approximate surface area is 109 Å². The zero-order valence-corrected chi connectivity index (χ0v) is 10.5. The molecular weight excluding hydrogens is 260 g/mol. The molecule has 98 valence electrons. The number of aliphatic hydroxyl groups excluding tert-OH is 1. The van der Waals surface area contributed by atoms with Crippen molar-refractivity contribution < 1.29 is 14.8 Å². The topological polar surface area (TPSA) is 92.5 Å². The lowest BCUT2D eigenvalue weighted by atomic mass is 10.1. The Morgan fingerprint density at radius 2 is 2.28 bits per heavy atom. The maximum atomic E-state index is 11.8. The molecule has 1 rings (SSSR count). The summed E-state index contributed by atoms with van der Waals surface area (Å²) in [5.74, 6) is -0.588. The standard InChI is InChI=1S/C11H13ClN2O4/c1-7(6-15)5-13-11(16)8-3-2-4-9(10(8)12)14(17)18/h2-4,7,15H,5-6H2,1H3,(H,13,16). The molecule has 2 N–H and O–H groups in total. The molecule has 1 atom stereocenters. The van der Waals surface area contributed by atoms with E-state index >= 15 is 0 Å². The molecule has 0 heterocycles. The number of benzene rings is 1. The summed E-state index contributed by atoms with van der Waals surface area (Å²) in [5.41, 5.74) is -0.254. The van der Waals surface area contributed by atoms with Gasteiger partial charge in [0.15, 0.2) is 0 Å². The number of nitro benzene ring substituents is 1. The molecule has 0 aliphatic carbocycles. The van der Waals surface area contributed by atoms with E-state index in [2.05, 4.69) is 5.32 Å². The first-order chi connectivity index (χ1) is 8.47. The summed E-state index contributed by atoms with van der Waals surface area (Å²) < 4.78 is 0. The van der Waals surface area contributed by atoms with Crippen molar-refractivity contribution in [3.05, 3.63) is 38.9 Å². The Morgan fingerprint density at radius 1 is 1.61 bits per heavy atom. The minimum absolute atomic E-state index is 0.0519. The van der Waals surface area contributed by atoms with Gasteiger partial charge in [-0.05, 0) is 12.0 Å². The number of hydrogen-bond acceptors (Lipinski definition) is 4. The predicted molar refractivity (Wildman–Crippen MR) is 66.7 cm³/mol. The van der Waals surface area contributed by atoms with Crippen LogP contribution in [0.1, 0.15) is 17.3 Å². The van der Waals surface area contributed by atoms with Crippen molar-refractivity contribution in [1.82, 2.24) is 5.32 Å². The number of carbonyl (C=O) groups is 1. The third-order valence-electron chi connectivity index (χ3n) is 2.34. The van der Waals surface area contributed by atoms with Gasteiger partial charge >= 0.3 is 0 Å². The van der Waals surface area contributed by atoms with Crippen LogP contribution in [0.25, 0.3) is 0 Å². The van der Waals surface area contributed by atoms with Crippen molar-refractivity contribution in [1.29, 1.82) is 0 Å². The summed E-state index contributed by atoms with van der Waals surface area (Å²) in [5, 5.41) is 21.9. The van der Waals surface area contributed by atoms with Gasteiger partial charge in [-0.1, -0.05) is 24.6 Å². The second-order valence-electron chi connectivity index (χ2n) is 3.89. The number of amides is 1. The smallest absolute Gasteiger partial charge is 0.288 e. The van der Waals surface area contributed by atoms with Gasteiger partial charge in [0, 0.05) is 19.2 Å². The number of hydrogen-bond donors (Lipinski definition) is 2. The largest absolute Gasteiger partial charge is 0.396 e. The number of rotatable bonds is 5. The Hall–Kier alpha value is -1.66. The van der Waals surface area contributed by atoms with Crippen LogP contribution in [0.2, 0.25) is 5.02 Å². The summed E-state index contributed by atoms with van der Waals surface area (Å²) in [4.78, 5) is 21.8. The highest BCUT2D eigenvalue weighted by Gasteiger charge is 2.19. The minimum atomic E-state index is -0.643. The van der Waals surface area contributed by atoms with Crippen molar-refractivity contribution in [2.24, 2.45) is 5.92 Å². The molecule has 0 aliphatic heterocycles. The van der Waals surface area contributed by atoms with Gasteiger partial charge in [-0.15, -0.1) is 0 Å². The van der Waals surface area contributed by atoms with E-state index in [1.165, 1.54) is 18.2 Å². The lowest BCUT2D eigenvalue weighted by molar-refractivity contribution is -0.384. The highest BCUT2D eigenvalue weighted by molar-refractivity contribution is 6.35. The van der Waals surface area contributed by atoms with Crippen LogP contribution in [0.3, 0.4) is 0 Å². The van der Waals surface area contributed by atoms with Crippen molar-refractivity contribution in [2.45, 2.75) is 6.92 Å². The maximum Gasteiger partial charge on any atom is 0.288 e. The van der Waals surface area contributed by atoms with Crippen LogP contribution in [-0.2, 0) is 0 Å². The van der Waals surface area contributed by atoms with E-state index in [0.717, 1.165) is 0 Å². The van der Waals surface area contributed by atoms with Gasteiger partial charge in [0.05, 0.1) is 10.5 Å². The molecule has 7 heteroatoms. The van der Waals surface area contributed by atoms with E-state index in [1.54, 1.807) is 6.92 Å². The van der Waals surface area contributed by atoms with E-state index in [1.807, 2.05) is 0 Å². The number of halogens is 1. The summed E-state index contributed by atoms with van der Waals surface area (Å²) in [6.07, 6.45) is 0. The second kappa shape index (κ2) is 6.32. The van der Waals surface area contributed by atoms with Crippen molar-refractivity contribution >= 4 is 23.2 Å². The predicted octanol–water partition coefficient (Wildman–Crippen LogP) is 1.61. The van der Waals surface area contributed by atoms with Gasteiger partial charge in [-0.2, -0.15) is 0 Å². The fourth-order valence-corrected chi connectivity index (χ4v) is 1.54. The van der Waals surface area contributed by atoms with E-state index in [4.69, 9.17) is 16.7 Å². The molecule has 18 heavy (non-hydrogen) atoms. The number of nitrogens with zero attached hydrogens (tertiary/aromatic N) is 1. The first-order valence-electron chi connectivity index (χ1n) is 5.29. The quantitative estimate of drug-likeness (QED) is 0.629. The van der Waals surface area contributed by atoms with Gasteiger partial charge in [0.1, 0.15) is 5.02 Å². The summed E-state index contributed by atoms with van der Waals surface area (Å²) >= 11 is 5.80. The van der Waals surface area contributed by atoms with Crippen LogP contribution < -0.4 is 5.32 Å². The van der Waals surface area contributed by atoms with E-state index in [9.17, 15) is 14.9 Å². The second-order valence-corrected chi connectivity index (χ2v) is 4.27. The van der Waals surface area contributed by atoms with Crippen LogP contribution >= 0.6 is 11.6 Å². The molecule has 1 amide bonds. The number of aliphatic hydroxyl groups is 1. The lowest BCUT2D eigenvalue weighted by Crippen LogP contribution is -2.29. The average molecular weight is 273 g/mol. The number of carbonyl (C=O) groups excluding carboxylic acids is 1. The SMILES string of the molecule is CC(CO)CNC(=O)c1cccc([N+](=O)[O-])c1Cl. The summed E-state index contributed by atoms with van der Waals surface area (Å²) in [6, 6.07) is 4.04. The average Bonchev–Trinajstić information content (AvgIpc) is 2.35. The Bertz CT molecular complexity index is 464. The summed E-state index contributed by atoms with van der Waals surface area (Å²) in [7, 11) is 0. The van der Waals surface area contributed by atoms with Crippen LogP contribution in [-0.4, -0.2) is 29.1 Å². The van der Waals surface area contributed by atoms with Gasteiger partial charge in [-0.25, -0.2) is 0 Å². The molecule has 0 aromatic heterocycles. The first-order valence-corrected chi connectivity index (χ1v) is 5.67. The Kier molecular flexibility index (Phi) is 5.06. The molecule has 0 saturated heterocycles. The molecule has 1 unspecified atom stereocenters. The van der Waals surface area contributed by atoms with Gasteiger partial charge in [-0.3, -0.25) is 14.9 Å². The van der Waals surface area contributed by atoms with E-state index < -0.39 is 10.8 Å². The molecular formula is C11H13ClN2O4. The summed E-state index contributed by atoms with van der Waals surface area (Å²) in [6.45, 7) is 1.98. The fraction of sp³-hybridized carbons (Fsp3) is 0.364. The lowest BCUT2D eigenvalue weighted by Gasteiger charge is -2.10. The van der Waals surface area contributed by atoms with Gasteiger partial charge in [0.25, 0.3) is 11.6 Å². The Balaban J connectivity index is 2.86. The zero-order chi connectivity index (χ0) is 13.7. The van der Waals surface area contributed by atoms with Crippen LogP contribution in [0.4, 0.5) is 5.69 Å². The zero-order valence-electron chi connectivity index (χ0n) is 9.72. The molecule has 0 radical (unpaired) electrons. The molecule has 0 aliphatic rings. The fourth-order valence-electron chi connectivity index (χ4n) is 1.26. The maximum absolute atomic E-state index is 11.8. The van der Waals surface area contributed by atoms with E-state index in [-0.39, 0.29) is 35.3 Å². The first kappa shape index (κ1) is 14.4. The van der Waals surface area contributed by atoms with Gasteiger partial charge in [0.2, 0.25) is 0 Å². The van der Waals surface area contributed by atoms with Crippen LogP contribution in [0, 0.1) is 16.0 Å². The van der Waals surface area contributed by atoms with Crippen molar-refractivity contribution in [3.63, 3.8) is 0 Å². The molecule has 0 spiro atoms. The van der Waals surface area contributed by atoms with Crippen LogP contribution in [0.5, 0.6) is 0 Å². The number of nitrogens with one attached hydrogen (secondary N) is 1. The number of nitro groups is 1. The minimum Gasteiger partial charge on any atom is -0.396 e. The highest BCUT2D eigenvalue weighted by Crippen LogP contribution is 2.27. The molecule has 1 aromatic rings. The molecule has 6 nitrogen and oxygen atoms in total. The van der Waals surface area contributed by atoms with Gasteiger partial charge < -0.3 is 10.4 Å². The molecule has 0 bridgehead atoms. The molecule has 0 fully saturated rings. The third-order valence-corrected chi connectivity index (χ3v) is 2.74. The van der Waals surface area contributed by atoms with E-state index in [0.29, 0.717) is 0 Å². The highest BCUT2D eigenvalue weighted by atomic mass is 35.5. The normalized spacial score (nSPS) is 11.9. The van der Waals surface area contributed by atoms with Crippen molar-refractivity contribution in [2.75, 3.05) is 13.2 Å². The third kappa shape index (κ3) is 3.41. The van der Waals surface area contributed by atoms with Crippen molar-refractivity contribution in [3.8, 4) is 0 Å². The monoisotopic (exact) mass is 272 g/mol. The van der Waals surface area contributed by atoms with Crippen LogP contribution in [0.15, 0.2) is 18.2 Å². The molecule has 0 saturated carbocycles. The Morgan fingerprint density at radius 3 is 2.83 bits per heavy atom. The molecule has 1 aromatic carbocycles.